The van der Waals surface area contributed by atoms with Crippen molar-refractivity contribution in [1.82, 2.24) is 0 Å². The Bertz CT molecular complexity index is 1560. The summed E-state index contributed by atoms with van der Waals surface area (Å²) in [7, 11) is 0. The smallest absolute Gasteiger partial charge is 0.309 e. The monoisotopic (exact) mass is 766 g/mol. The quantitative estimate of drug-likeness (QED) is 0.143. The highest BCUT2D eigenvalue weighted by molar-refractivity contribution is 5.93. The number of rotatable bonds is 9. The van der Waals surface area contributed by atoms with E-state index in [4.69, 9.17) is 37.9 Å². The second-order valence-corrected chi connectivity index (χ2v) is 15.8. The van der Waals surface area contributed by atoms with Gasteiger partial charge in [0.05, 0.1) is 30.0 Å². The van der Waals surface area contributed by atoms with Crippen molar-refractivity contribution in [2.45, 2.75) is 150 Å². The van der Waals surface area contributed by atoms with Gasteiger partial charge < -0.3 is 37.9 Å². The Labute approximate surface area is 315 Å². The molecule has 0 spiro atoms. The molecule has 0 aromatic carbocycles. The first-order valence-electron chi connectivity index (χ1n) is 17.9. The molecule has 1 aliphatic heterocycles. The minimum absolute atomic E-state index is 0.339. The van der Waals surface area contributed by atoms with E-state index in [2.05, 4.69) is 6.58 Å². The number of carbonyl (C=O) groups is 8. The molecule has 0 amide bonds. The fourth-order valence-corrected chi connectivity index (χ4v) is 7.74. The molecule has 16 heteroatoms. The van der Waals surface area contributed by atoms with Crippen LogP contribution < -0.4 is 0 Å². The highest BCUT2D eigenvalue weighted by Gasteiger charge is 2.74. The minimum Gasteiger partial charge on any atom is -0.458 e. The van der Waals surface area contributed by atoms with Gasteiger partial charge in [0.15, 0.2) is 41.4 Å². The average molecular weight is 767 g/mol. The van der Waals surface area contributed by atoms with Gasteiger partial charge in [-0.25, -0.2) is 0 Å². The van der Waals surface area contributed by atoms with Crippen LogP contribution in [0.4, 0.5) is 0 Å². The highest BCUT2D eigenvalue weighted by atomic mass is 16.6. The van der Waals surface area contributed by atoms with Crippen LogP contribution in [0.2, 0.25) is 0 Å². The second kappa shape index (κ2) is 16.2. The summed E-state index contributed by atoms with van der Waals surface area (Å²) in [5, 5.41) is 0. The van der Waals surface area contributed by atoms with E-state index in [0.29, 0.717) is 0 Å². The molecule has 11 atom stereocenters. The van der Waals surface area contributed by atoms with Gasteiger partial charge >= 0.3 is 41.8 Å². The van der Waals surface area contributed by atoms with E-state index in [1.807, 2.05) is 0 Å². The molecular formula is C38H54O16. The van der Waals surface area contributed by atoms with Gasteiger partial charge in [-0.1, -0.05) is 55.0 Å². The molecule has 1 heterocycles. The number of hydrogen-bond donors (Lipinski definition) is 0. The summed E-state index contributed by atoms with van der Waals surface area (Å²) in [4.78, 5) is 107. The Hall–Kier alpha value is -4.34. The van der Waals surface area contributed by atoms with Gasteiger partial charge in [0.25, 0.3) is 0 Å². The molecule has 0 aromatic heterocycles. The third-order valence-electron chi connectivity index (χ3n) is 10.1. The maximum absolute atomic E-state index is 15.1. The first-order valence-corrected chi connectivity index (χ1v) is 17.9. The number of fused-ring (bicyclic) bond motifs is 2. The van der Waals surface area contributed by atoms with Gasteiger partial charge in [0, 0.05) is 57.9 Å². The summed E-state index contributed by atoms with van der Waals surface area (Å²) >= 11 is 0. The zero-order chi connectivity index (χ0) is 41.4. The van der Waals surface area contributed by atoms with Gasteiger partial charge in [-0.2, -0.15) is 0 Å². The SMILES string of the molecule is C=C1[C@H](OC(=O)C(C)C)[C@@H](OC(=O)C(C)C)[C@@H](OC(C)=O)C(C)(C)[C@@H]2O[C@H]2[C@@H](C)C(=O)[C@@]2(OC(C)=O)C[C@@](C)(OC(C)=O)[C@H](OC(C)=O)[C@@H]2[C@H]1OC(C)=O. The number of esters is 7. The van der Waals surface area contributed by atoms with Crippen molar-refractivity contribution in [3.63, 3.8) is 0 Å². The van der Waals surface area contributed by atoms with Crippen molar-refractivity contribution in [2.24, 2.45) is 29.1 Å². The molecule has 0 bridgehead atoms. The molecule has 3 rings (SSSR count). The van der Waals surface area contributed by atoms with E-state index in [1.54, 1.807) is 27.7 Å². The summed E-state index contributed by atoms with van der Waals surface area (Å²) in [5.41, 5.74) is -5.94. The minimum atomic E-state index is -2.38. The Balaban J connectivity index is 2.60. The van der Waals surface area contributed by atoms with Crippen molar-refractivity contribution in [2.75, 3.05) is 0 Å². The van der Waals surface area contributed by atoms with Gasteiger partial charge in [-0.15, -0.1) is 0 Å². The van der Waals surface area contributed by atoms with Crippen LogP contribution in [0, 0.1) is 29.1 Å². The summed E-state index contributed by atoms with van der Waals surface area (Å²) < 4.78 is 47.6. The third-order valence-corrected chi connectivity index (χ3v) is 10.1. The van der Waals surface area contributed by atoms with E-state index < -0.39 is 137 Å². The lowest BCUT2D eigenvalue weighted by Gasteiger charge is -2.45. The lowest BCUT2D eigenvalue weighted by atomic mass is 9.69. The third kappa shape index (κ3) is 8.95. The Morgan fingerprint density at radius 3 is 1.63 bits per heavy atom. The summed E-state index contributed by atoms with van der Waals surface area (Å²) in [6.45, 7) is 21.8. The molecule has 3 fully saturated rings. The average Bonchev–Trinajstić information content (AvgIpc) is 3.80. The van der Waals surface area contributed by atoms with E-state index in [-0.39, 0.29) is 5.57 Å². The zero-order valence-electron chi connectivity index (χ0n) is 33.3. The van der Waals surface area contributed by atoms with Crippen LogP contribution in [0.15, 0.2) is 12.2 Å². The maximum Gasteiger partial charge on any atom is 0.309 e. The fourth-order valence-electron chi connectivity index (χ4n) is 7.74. The maximum atomic E-state index is 15.1. The van der Waals surface area contributed by atoms with E-state index >= 15 is 4.79 Å². The second-order valence-electron chi connectivity index (χ2n) is 15.8. The highest BCUT2D eigenvalue weighted by Crippen LogP contribution is 2.56. The van der Waals surface area contributed by atoms with Crippen molar-refractivity contribution < 1.29 is 76.3 Å². The number of Topliss-reactive ketones (excluding diaryl/α,β-unsaturated/α-hetero) is 1. The van der Waals surface area contributed by atoms with Crippen LogP contribution in [-0.2, 0) is 76.3 Å². The van der Waals surface area contributed by atoms with Crippen LogP contribution in [0.1, 0.15) is 96.4 Å². The molecule has 54 heavy (non-hydrogen) atoms. The van der Waals surface area contributed by atoms with Crippen molar-refractivity contribution >= 4 is 47.6 Å². The predicted octanol–water partition coefficient (Wildman–Crippen LogP) is 3.13. The molecular weight excluding hydrogens is 712 g/mol. The Morgan fingerprint density at radius 2 is 1.17 bits per heavy atom. The largest absolute Gasteiger partial charge is 0.458 e. The van der Waals surface area contributed by atoms with Gasteiger partial charge in [-0.3, -0.25) is 38.4 Å². The zero-order valence-corrected chi connectivity index (χ0v) is 33.3. The molecule has 302 valence electrons. The van der Waals surface area contributed by atoms with Crippen molar-refractivity contribution in [3.8, 4) is 0 Å². The van der Waals surface area contributed by atoms with Crippen LogP contribution in [0.3, 0.4) is 0 Å². The standard InChI is InChI=1S/C38H54O16/c1-16(2)34(45)51-27-18(5)26(47-20(7)39)25-31(48-21(8)40)37(14,53-23(10)42)15-38(25,54-24(11)43)30(44)19(6)28-32(50-28)36(12,13)33(49-22(9)41)29(27)52-35(46)17(3)4/h16-17,19,25-29,31-33H,5,15H2,1-4,6-14H3/t19-,25+,26+,27+,28+,29-,31-,32-,33-,37-,38-/m1/s1. The molecule has 0 radical (unpaired) electrons. The lowest BCUT2D eigenvalue weighted by molar-refractivity contribution is -0.201. The summed E-state index contributed by atoms with van der Waals surface area (Å²) in [5.74, 6) is -11.3. The molecule has 1 saturated heterocycles. The molecule has 0 N–H and O–H groups in total. The van der Waals surface area contributed by atoms with E-state index in [1.165, 1.54) is 27.7 Å². The molecule has 0 aromatic rings. The normalized spacial score (nSPS) is 34.5. The van der Waals surface area contributed by atoms with Crippen molar-refractivity contribution in [1.29, 1.82) is 0 Å². The van der Waals surface area contributed by atoms with Gasteiger partial charge in [0.1, 0.15) is 6.10 Å². The van der Waals surface area contributed by atoms with Crippen molar-refractivity contribution in [3.05, 3.63) is 12.2 Å². The first kappa shape index (κ1) is 44.1. The Morgan fingerprint density at radius 1 is 0.685 bits per heavy atom. The van der Waals surface area contributed by atoms with E-state index in [9.17, 15) is 33.6 Å². The number of epoxide rings is 1. The van der Waals surface area contributed by atoms with Crippen LogP contribution in [-0.4, -0.2) is 101 Å². The Kier molecular flexibility index (Phi) is 13.2. The first-order chi connectivity index (χ1) is 24.7. The molecule has 3 aliphatic rings. The van der Waals surface area contributed by atoms with Crippen LogP contribution >= 0.6 is 0 Å². The van der Waals surface area contributed by atoms with E-state index in [0.717, 1.165) is 34.6 Å². The number of hydrogen-bond acceptors (Lipinski definition) is 16. The van der Waals surface area contributed by atoms with Crippen LogP contribution in [0.5, 0.6) is 0 Å². The predicted molar refractivity (Wildman–Crippen MR) is 185 cm³/mol. The molecule has 2 saturated carbocycles. The molecule has 2 aliphatic carbocycles. The van der Waals surface area contributed by atoms with Gasteiger partial charge in [0.2, 0.25) is 0 Å². The molecule has 16 nitrogen and oxygen atoms in total. The molecule has 0 unspecified atom stereocenters. The number of carbonyl (C=O) groups excluding carboxylic acids is 8. The topological polar surface area (TPSA) is 214 Å². The number of ketones is 1. The fraction of sp³-hybridized carbons (Fsp3) is 0.737. The van der Waals surface area contributed by atoms with Gasteiger partial charge in [-0.05, 0) is 6.92 Å². The summed E-state index contributed by atoms with van der Waals surface area (Å²) in [6.07, 6.45) is -10.9. The lowest BCUT2D eigenvalue weighted by Crippen LogP contribution is -2.60. The summed E-state index contributed by atoms with van der Waals surface area (Å²) in [6, 6.07) is 0. The number of ether oxygens (including phenoxy) is 8. The van der Waals surface area contributed by atoms with Crippen LogP contribution in [0.25, 0.3) is 0 Å².